The van der Waals surface area contributed by atoms with Gasteiger partial charge in [-0.25, -0.2) is 4.98 Å². The standard InChI is InChI=1S/C16H19ClN2O/c1-16(2,3)10-19(4)15(20)13-9-18-14(17)12-8-6-5-7-11(12)13/h5-9H,10H2,1-4H3. The topological polar surface area (TPSA) is 33.2 Å². The Balaban J connectivity index is 2.43. The number of halogens is 1. The molecule has 0 aliphatic rings. The summed E-state index contributed by atoms with van der Waals surface area (Å²) in [4.78, 5) is 18.4. The van der Waals surface area contributed by atoms with Crippen molar-refractivity contribution < 1.29 is 4.79 Å². The maximum atomic E-state index is 12.6. The molecule has 0 atom stereocenters. The Morgan fingerprint density at radius 3 is 2.45 bits per heavy atom. The van der Waals surface area contributed by atoms with Gasteiger partial charge in [-0.15, -0.1) is 0 Å². The van der Waals surface area contributed by atoms with Crippen LogP contribution in [0.5, 0.6) is 0 Å². The van der Waals surface area contributed by atoms with Gasteiger partial charge in [-0.1, -0.05) is 56.6 Å². The minimum absolute atomic E-state index is 0.0275. The molecular formula is C16H19ClN2O. The molecule has 0 unspecified atom stereocenters. The van der Waals surface area contributed by atoms with Gasteiger partial charge in [-0.3, -0.25) is 4.79 Å². The van der Waals surface area contributed by atoms with Crippen molar-refractivity contribution in [3.05, 3.63) is 41.2 Å². The Morgan fingerprint density at radius 1 is 1.25 bits per heavy atom. The quantitative estimate of drug-likeness (QED) is 0.783. The number of rotatable bonds is 2. The number of amides is 1. The molecule has 1 aromatic heterocycles. The third kappa shape index (κ3) is 3.10. The number of pyridine rings is 1. The zero-order valence-corrected chi connectivity index (χ0v) is 13.0. The molecule has 0 bridgehead atoms. The molecule has 0 radical (unpaired) electrons. The van der Waals surface area contributed by atoms with E-state index in [1.165, 1.54) is 0 Å². The molecule has 0 spiro atoms. The first kappa shape index (κ1) is 14.8. The first-order chi connectivity index (χ1) is 9.29. The van der Waals surface area contributed by atoms with Gasteiger partial charge < -0.3 is 4.90 Å². The molecule has 0 aliphatic carbocycles. The maximum Gasteiger partial charge on any atom is 0.255 e. The zero-order valence-electron chi connectivity index (χ0n) is 12.3. The molecule has 0 saturated heterocycles. The second-order valence-corrected chi connectivity index (χ2v) is 6.59. The van der Waals surface area contributed by atoms with Gasteiger partial charge in [-0.05, 0) is 10.8 Å². The number of fused-ring (bicyclic) bond motifs is 1. The van der Waals surface area contributed by atoms with Crippen molar-refractivity contribution in [2.75, 3.05) is 13.6 Å². The van der Waals surface area contributed by atoms with Gasteiger partial charge in [0.15, 0.2) is 0 Å². The van der Waals surface area contributed by atoms with E-state index in [9.17, 15) is 4.79 Å². The van der Waals surface area contributed by atoms with Gasteiger partial charge in [0.05, 0.1) is 5.56 Å². The zero-order chi connectivity index (χ0) is 14.9. The molecule has 3 nitrogen and oxygen atoms in total. The lowest BCUT2D eigenvalue weighted by atomic mass is 9.96. The molecule has 106 valence electrons. The van der Waals surface area contributed by atoms with Crippen molar-refractivity contribution in [2.24, 2.45) is 5.41 Å². The van der Waals surface area contributed by atoms with Gasteiger partial charge in [-0.2, -0.15) is 0 Å². The third-order valence-corrected chi connectivity index (χ3v) is 3.34. The van der Waals surface area contributed by atoms with E-state index in [0.29, 0.717) is 17.3 Å². The number of nitrogens with zero attached hydrogens (tertiary/aromatic N) is 2. The van der Waals surface area contributed by atoms with E-state index >= 15 is 0 Å². The largest absolute Gasteiger partial charge is 0.341 e. The highest BCUT2D eigenvalue weighted by molar-refractivity contribution is 6.34. The lowest BCUT2D eigenvalue weighted by molar-refractivity contribution is 0.0747. The van der Waals surface area contributed by atoms with E-state index in [4.69, 9.17) is 11.6 Å². The predicted molar refractivity (Wildman–Crippen MR) is 83.2 cm³/mol. The maximum absolute atomic E-state index is 12.6. The summed E-state index contributed by atoms with van der Waals surface area (Å²) in [5, 5.41) is 2.08. The molecule has 1 amide bonds. The van der Waals surface area contributed by atoms with Crippen LogP contribution in [-0.4, -0.2) is 29.4 Å². The molecule has 0 saturated carbocycles. The highest BCUT2D eigenvalue weighted by Gasteiger charge is 2.21. The Morgan fingerprint density at radius 2 is 1.85 bits per heavy atom. The lowest BCUT2D eigenvalue weighted by Crippen LogP contribution is -2.34. The van der Waals surface area contributed by atoms with E-state index in [-0.39, 0.29) is 11.3 Å². The summed E-state index contributed by atoms with van der Waals surface area (Å²) in [6.07, 6.45) is 1.56. The van der Waals surface area contributed by atoms with Crippen LogP contribution in [0.25, 0.3) is 10.8 Å². The van der Waals surface area contributed by atoms with Crippen LogP contribution in [0.4, 0.5) is 0 Å². The van der Waals surface area contributed by atoms with Crippen LogP contribution in [0, 0.1) is 5.41 Å². The summed E-state index contributed by atoms with van der Waals surface area (Å²) in [7, 11) is 1.82. The normalized spacial score (nSPS) is 11.7. The molecule has 4 heteroatoms. The van der Waals surface area contributed by atoms with Crippen LogP contribution < -0.4 is 0 Å². The van der Waals surface area contributed by atoms with Crippen molar-refractivity contribution in [3.8, 4) is 0 Å². The Labute approximate surface area is 124 Å². The average Bonchev–Trinajstić information content (AvgIpc) is 2.37. The predicted octanol–water partition coefficient (Wildman–Crippen LogP) is 4.01. The Kier molecular flexibility index (Phi) is 4.00. The molecule has 0 N–H and O–H groups in total. The number of hydrogen-bond donors (Lipinski definition) is 0. The second-order valence-electron chi connectivity index (χ2n) is 6.23. The Hall–Kier alpha value is -1.61. The third-order valence-electron chi connectivity index (χ3n) is 3.04. The summed E-state index contributed by atoms with van der Waals surface area (Å²) in [6, 6.07) is 7.58. The van der Waals surface area contributed by atoms with Crippen LogP contribution in [0.3, 0.4) is 0 Å². The summed E-state index contributed by atoms with van der Waals surface area (Å²) < 4.78 is 0. The van der Waals surface area contributed by atoms with Crippen molar-refractivity contribution in [2.45, 2.75) is 20.8 Å². The second kappa shape index (κ2) is 5.41. The minimum atomic E-state index is -0.0275. The monoisotopic (exact) mass is 290 g/mol. The van der Waals surface area contributed by atoms with Crippen LogP contribution in [0.2, 0.25) is 5.15 Å². The molecule has 1 heterocycles. The fraction of sp³-hybridized carbons (Fsp3) is 0.375. The van der Waals surface area contributed by atoms with E-state index < -0.39 is 0 Å². The number of benzene rings is 1. The molecule has 0 aliphatic heterocycles. The average molecular weight is 291 g/mol. The first-order valence-corrected chi connectivity index (χ1v) is 6.96. The summed E-state index contributed by atoms with van der Waals surface area (Å²) in [5.41, 5.74) is 0.650. The van der Waals surface area contributed by atoms with Crippen molar-refractivity contribution in [3.63, 3.8) is 0 Å². The van der Waals surface area contributed by atoms with Crippen molar-refractivity contribution in [1.29, 1.82) is 0 Å². The highest BCUT2D eigenvalue weighted by atomic mass is 35.5. The number of carbonyl (C=O) groups is 1. The lowest BCUT2D eigenvalue weighted by Gasteiger charge is -2.27. The molecule has 0 fully saturated rings. The van der Waals surface area contributed by atoms with E-state index in [1.807, 2.05) is 31.3 Å². The van der Waals surface area contributed by atoms with Gasteiger partial charge >= 0.3 is 0 Å². The smallest absolute Gasteiger partial charge is 0.255 e. The first-order valence-electron chi connectivity index (χ1n) is 6.58. The van der Waals surface area contributed by atoms with Crippen LogP contribution in [-0.2, 0) is 0 Å². The number of aromatic nitrogens is 1. The molecule has 1 aromatic carbocycles. The number of hydrogen-bond acceptors (Lipinski definition) is 2. The molecule has 2 rings (SSSR count). The summed E-state index contributed by atoms with van der Waals surface area (Å²) in [6.45, 7) is 7.00. The Bertz CT molecular complexity index is 646. The molecular weight excluding hydrogens is 272 g/mol. The van der Waals surface area contributed by atoms with Crippen LogP contribution in [0.15, 0.2) is 30.5 Å². The fourth-order valence-electron chi connectivity index (χ4n) is 2.32. The van der Waals surface area contributed by atoms with Crippen LogP contribution >= 0.6 is 11.6 Å². The van der Waals surface area contributed by atoms with Crippen molar-refractivity contribution in [1.82, 2.24) is 9.88 Å². The van der Waals surface area contributed by atoms with Gasteiger partial charge in [0.25, 0.3) is 5.91 Å². The highest BCUT2D eigenvalue weighted by Crippen LogP contribution is 2.25. The van der Waals surface area contributed by atoms with Gasteiger partial charge in [0.1, 0.15) is 5.15 Å². The van der Waals surface area contributed by atoms with E-state index in [1.54, 1.807) is 11.1 Å². The van der Waals surface area contributed by atoms with E-state index in [2.05, 4.69) is 25.8 Å². The molecule has 20 heavy (non-hydrogen) atoms. The minimum Gasteiger partial charge on any atom is -0.341 e. The summed E-state index contributed by atoms with van der Waals surface area (Å²) in [5.74, 6) is -0.0275. The van der Waals surface area contributed by atoms with E-state index in [0.717, 1.165) is 10.8 Å². The SMILES string of the molecule is CN(CC(C)(C)C)C(=O)c1cnc(Cl)c2ccccc12. The van der Waals surface area contributed by atoms with Crippen LogP contribution in [0.1, 0.15) is 31.1 Å². The van der Waals surface area contributed by atoms with Crippen molar-refractivity contribution >= 4 is 28.3 Å². The van der Waals surface area contributed by atoms with Gasteiger partial charge in [0.2, 0.25) is 0 Å². The number of carbonyl (C=O) groups excluding carboxylic acids is 1. The summed E-state index contributed by atoms with van der Waals surface area (Å²) >= 11 is 6.08. The molecule has 2 aromatic rings. The fourth-order valence-corrected chi connectivity index (χ4v) is 2.53. The van der Waals surface area contributed by atoms with Gasteiger partial charge in [0, 0.05) is 25.2 Å².